The van der Waals surface area contributed by atoms with E-state index in [4.69, 9.17) is 11.1 Å². The van der Waals surface area contributed by atoms with Crippen LogP contribution in [0.25, 0.3) is 0 Å². The first-order valence-corrected chi connectivity index (χ1v) is 11.2. The third-order valence-corrected chi connectivity index (χ3v) is 5.52. The Morgan fingerprint density at radius 3 is 2.25 bits per heavy atom. The van der Waals surface area contributed by atoms with Crippen molar-refractivity contribution in [3.05, 3.63) is 65.7 Å². The maximum absolute atomic E-state index is 12.2. The first kappa shape index (κ1) is 24.8. The van der Waals surface area contributed by atoms with Crippen molar-refractivity contribution in [1.29, 1.82) is 5.41 Å². The zero-order chi connectivity index (χ0) is 23.6. The highest BCUT2D eigenvalue weighted by Gasteiger charge is 2.24. The molecule has 12 heteroatoms. The largest absolute Gasteiger partial charge is 0.394 e. The van der Waals surface area contributed by atoms with Crippen molar-refractivity contribution in [2.24, 2.45) is 5.73 Å². The van der Waals surface area contributed by atoms with Gasteiger partial charge in [-0.3, -0.25) is 15.0 Å². The summed E-state index contributed by atoms with van der Waals surface area (Å²) in [5, 5.41) is 24.1. The molecule has 1 unspecified atom stereocenters. The number of aliphatic hydroxyl groups excluding tert-OH is 1. The number of guanidine groups is 1. The van der Waals surface area contributed by atoms with Gasteiger partial charge in [0.05, 0.1) is 18.9 Å². The lowest BCUT2D eigenvalue weighted by molar-refractivity contribution is -0.127. The Hall–Kier alpha value is -3.48. The van der Waals surface area contributed by atoms with Crippen LogP contribution in [0.1, 0.15) is 11.1 Å². The van der Waals surface area contributed by atoms with Crippen molar-refractivity contribution < 1.29 is 23.1 Å². The van der Waals surface area contributed by atoms with Crippen LogP contribution in [0.3, 0.4) is 0 Å². The highest BCUT2D eigenvalue weighted by Crippen LogP contribution is 2.09. The van der Waals surface area contributed by atoms with E-state index in [1.807, 2.05) is 0 Å². The molecular weight excluding hydrogens is 436 g/mol. The van der Waals surface area contributed by atoms with Crippen LogP contribution in [0.4, 0.5) is 5.69 Å². The van der Waals surface area contributed by atoms with E-state index in [1.165, 1.54) is 0 Å². The Bertz CT molecular complexity index is 1030. The average Bonchev–Trinajstić information content (AvgIpc) is 2.75. The van der Waals surface area contributed by atoms with Crippen molar-refractivity contribution in [3.8, 4) is 0 Å². The van der Waals surface area contributed by atoms with Gasteiger partial charge in [-0.25, -0.2) is 13.1 Å². The fourth-order valence-electron chi connectivity index (χ4n) is 2.64. The number of hydrogen-bond acceptors (Lipinski definition) is 6. The maximum atomic E-state index is 12.2. The average molecular weight is 463 g/mol. The van der Waals surface area contributed by atoms with Crippen LogP contribution in [0.5, 0.6) is 0 Å². The van der Waals surface area contributed by atoms with Crippen LogP contribution in [0, 0.1) is 5.41 Å². The molecule has 2 rings (SSSR count). The molecule has 0 saturated heterocycles. The summed E-state index contributed by atoms with van der Waals surface area (Å²) in [4.78, 5) is 24.2. The molecule has 0 spiro atoms. The van der Waals surface area contributed by atoms with Gasteiger partial charge in [0.1, 0.15) is 6.04 Å². The molecule has 32 heavy (non-hydrogen) atoms. The molecule has 0 aromatic heterocycles. The molecule has 8 N–H and O–H groups in total. The zero-order valence-electron chi connectivity index (χ0n) is 17.2. The number of anilines is 1. The number of benzene rings is 2. The van der Waals surface area contributed by atoms with E-state index in [2.05, 4.69) is 20.7 Å². The van der Waals surface area contributed by atoms with E-state index >= 15 is 0 Å². The van der Waals surface area contributed by atoms with Gasteiger partial charge in [-0.1, -0.05) is 42.5 Å². The molecule has 0 heterocycles. The second-order valence-electron chi connectivity index (χ2n) is 6.83. The van der Waals surface area contributed by atoms with Crippen LogP contribution in [-0.2, 0) is 31.9 Å². The zero-order valence-corrected chi connectivity index (χ0v) is 18.0. The third kappa shape index (κ3) is 8.71. The van der Waals surface area contributed by atoms with Crippen LogP contribution < -0.4 is 26.4 Å². The first-order valence-electron chi connectivity index (χ1n) is 9.57. The monoisotopic (exact) mass is 462 g/mol. The van der Waals surface area contributed by atoms with E-state index in [0.29, 0.717) is 11.3 Å². The van der Waals surface area contributed by atoms with Gasteiger partial charge < -0.3 is 26.8 Å². The molecule has 2 aromatic rings. The van der Waals surface area contributed by atoms with Crippen LogP contribution in [-0.4, -0.2) is 50.5 Å². The Kier molecular flexibility index (Phi) is 9.13. The number of rotatable bonds is 11. The fourth-order valence-corrected chi connectivity index (χ4v) is 3.97. The minimum Gasteiger partial charge on any atom is -0.394 e. The summed E-state index contributed by atoms with van der Waals surface area (Å²) >= 11 is 0. The van der Waals surface area contributed by atoms with E-state index in [9.17, 15) is 23.1 Å². The Balaban J connectivity index is 1.79. The van der Waals surface area contributed by atoms with Crippen molar-refractivity contribution >= 4 is 33.5 Å². The van der Waals surface area contributed by atoms with Gasteiger partial charge in [-0.15, -0.1) is 0 Å². The SMILES string of the molecule is N=C(N)Nc1ccc(CNC(=O)CNC(=O)C(CO)NS(=O)(=O)Cc2ccccc2)cc1. The number of aliphatic hydroxyl groups is 1. The Morgan fingerprint density at radius 2 is 1.66 bits per heavy atom. The van der Waals surface area contributed by atoms with Crippen molar-refractivity contribution in [2.75, 3.05) is 18.5 Å². The van der Waals surface area contributed by atoms with Gasteiger partial charge in [-0.2, -0.15) is 0 Å². The summed E-state index contributed by atoms with van der Waals surface area (Å²) in [5.41, 5.74) is 7.18. The minimum absolute atomic E-state index is 0.190. The van der Waals surface area contributed by atoms with Gasteiger partial charge in [0, 0.05) is 12.2 Å². The molecular formula is C20H26N6O5S. The predicted octanol–water partition coefficient (Wildman–Crippen LogP) is -0.795. The maximum Gasteiger partial charge on any atom is 0.240 e. The standard InChI is InChI=1S/C20H26N6O5S/c21-20(22)25-16-8-6-14(7-9-16)10-23-18(28)11-24-19(29)17(12-27)26-32(30,31)13-15-4-2-1-3-5-15/h1-9,17,26-27H,10-13H2,(H,23,28)(H,24,29)(H4,21,22,25). The normalized spacial score (nSPS) is 11.9. The number of nitrogens with one attached hydrogen (secondary N) is 5. The predicted molar refractivity (Wildman–Crippen MR) is 120 cm³/mol. The summed E-state index contributed by atoms with van der Waals surface area (Å²) in [6, 6.07) is 13.8. The molecule has 0 fully saturated rings. The van der Waals surface area contributed by atoms with Crippen LogP contribution in [0.2, 0.25) is 0 Å². The smallest absolute Gasteiger partial charge is 0.240 e. The second-order valence-corrected chi connectivity index (χ2v) is 8.58. The lowest BCUT2D eigenvalue weighted by Crippen LogP contribution is -2.50. The number of carbonyl (C=O) groups excluding carboxylic acids is 2. The number of carbonyl (C=O) groups is 2. The number of nitrogens with two attached hydrogens (primary N) is 1. The van der Waals surface area contributed by atoms with E-state index in [1.54, 1.807) is 54.6 Å². The second kappa shape index (κ2) is 11.8. The van der Waals surface area contributed by atoms with Crippen molar-refractivity contribution in [2.45, 2.75) is 18.3 Å². The molecule has 172 valence electrons. The van der Waals surface area contributed by atoms with Gasteiger partial charge >= 0.3 is 0 Å². The Labute approximate surface area is 186 Å². The Morgan fingerprint density at radius 1 is 1.00 bits per heavy atom. The summed E-state index contributed by atoms with van der Waals surface area (Å²) in [6.07, 6.45) is 0. The van der Waals surface area contributed by atoms with E-state index < -0.39 is 34.5 Å². The summed E-state index contributed by atoms with van der Waals surface area (Å²) < 4.78 is 26.6. The number of sulfonamides is 1. The molecule has 0 aliphatic rings. The molecule has 0 saturated carbocycles. The molecule has 11 nitrogen and oxygen atoms in total. The highest BCUT2D eigenvalue weighted by molar-refractivity contribution is 7.88. The highest BCUT2D eigenvalue weighted by atomic mass is 32.2. The van der Waals surface area contributed by atoms with Gasteiger partial charge in [-0.05, 0) is 23.3 Å². The van der Waals surface area contributed by atoms with E-state index in [0.717, 1.165) is 5.56 Å². The van der Waals surface area contributed by atoms with E-state index in [-0.39, 0.29) is 24.8 Å². The molecule has 0 radical (unpaired) electrons. The van der Waals surface area contributed by atoms with Gasteiger partial charge in [0.25, 0.3) is 0 Å². The molecule has 2 aromatic carbocycles. The molecule has 1 atom stereocenters. The summed E-state index contributed by atoms with van der Waals surface area (Å²) in [7, 11) is -3.88. The number of hydrogen-bond donors (Lipinski definition) is 7. The van der Waals surface area contributed by atoms with Gasteiger partial charge in [0.15, 0.2) is 5.96 Å². The molecule has 0 bridgehead atoms. The first-order chi connectivity index (χ1) is 15.2. The van der Waals surface area contributed by atoms with Crippen molar-refractivity contribution in [1.82, 2.24) is 15.4 Å². The molecule has 0 aliphatic heterocycles. The van der Waals surface area contributed by atoms with Crippen LogP contribution >= 0.6 is 0 Å². The molecule has 2 amide bonds. The quantitative estimate of drug-likeness (QED) is 0.168. The van der Waals surface area contributed by atoms with Crippen molar-refractivity contribution in [3.63, 3.8) is 0 Å². The molecule has 0 aliphatic carbocycles. The topological polar surface area (TPSA) is 186 Å². The van der Waals surface area contributed by atoms with Gasteiger partial charge in [0.2, 0.25) is 21.8 Å². The fraction of sp³-hybridized carbons (Fsp3) is 0.250. The van der Waals surface area contributed by atoms with Crippen LogP contribution in [0.15, 0.2) is 54.6 Å². The third-order valence-electron chi connectivity index (χ3n) is 4.17. The summed E-state index contributed by atoms with van der Waals surface area (Å²) in [6.45, 7) is -0.954. The summed E-state index contributed by atoms with van der Waals surface area (Å²) in [5.74, 6) is -1.85. The number of amides is 2. The minimum atomic E-state index is -3.88. The lowest BCUT2D eigenvalue weighted by atomic mass is 10.2. The lowest BCUT2D eigenvalue weighted by Gasteiger charge is -2.16.